The van der Waals surface area contributed by atoms with Gasteiger partial charge >= 0.3 is 0 Å². The number of aromatic amines is 1. The molecule has 0 spiro atoms. The summed E-state index contributed by atoms with van der Waals surface area (Å²) in [6.07, 6.45) is 0. The molecule has 2 rings (SSSR count). The van der Waals surface area contributed by atoms with Gasteiger partial charge in [0.1, 0.15) is 5.82 Å². The van der Waals surface area contributed by atoms with Gasteiger partial charge in [0, 0.05) is 6.07 Å². The van der Waals surface area contributed by atoms with Crippen LogP contribution in [0.1, 0.15) is 11.4 Å². The lowest BCUT2D eigenvalue weighted by atomic mass is 10.2. The Morgan fingerprint density at radius 3 is 2.79 bits per heavy atom. The average molecular weight is 191 g/mol. The van der Waals surface area contributed by atoms with E-state index in [9.17, 15) is 10.1 Å². The van der Waals surface area contributed by atoms with E-state index >= 15 is 0 Å². The fourth-order valence-electron chi connectivity index (χ4n) is 1.48. The zero-order valence-corrected chi connectivity index (χ0v) is 7.87. The maximum Gasteiger partial charge on any atom is 0.297 e. The molecule has 0 saturated heterocycles. The Hall–Kier alpha value is -1.91. The van der Waals surface area contributed by atoms with E-state index in [1.807, 2.05) is 6.92 Å². The third-order valence-corrected chi connectivity index (χ3v) is 2.15. The van der Waals surface area contributed by atoms with E-state index in [2.05, 4.69) is 9.97 Å². The first-order valence-electron chi connectivity index (χ1n) is 4.20. The highest BCUT2D eigenvalue weighted by Crippen LogP contribution is 2.25. The van der Waals surface area contributed by atoms with Crippen LogP contribution in [0.4, 0.5) is 5.69 Å². The zero-order valence-electron chi connectivity index (χ0n) is 7.87. The molecule has 0 bridgehead atoms. The number of nitro groups is 1. The van der Waals surface area contributed by atoms with Gasteiger partial charge in [-0.05, 0) is 19.4 Å². The Morgan fingerprint density at radius 2 is 2.14 bits per heavy atom. The molecular weight excluding hydrogens is 182 g/mol. The fraction of sp³-hybridized carbons (Fsp3) is 0.222. The van der Waals surface area contributed by atoms with Gasteiger partial charge in [-0.15, -0.1) is 0 Å². The van der Waals surface area contributed by atoms with E-state index in [0.717, 1.165) is 11.1 Å². The summed E-state index contributed by atoms with van der Waals surface area (Å²) in [4.78, 5) is 17.4. The van der Waals surface area contributed by atoms with Gasteiger partial charge in [0.25, 0.3) is 5.69 Å². The lowest BCUT2D eigenvalue weighted by molar-refractivity contribution is -0.383. The molecule has 2 aromatic rings. The van der Waals surface area contributed by atoms with Crippen LogP contribution in [-0.2, 0) is 0 Å². The van der Waals surface area contributed by atoms with Gasteiger partial charge in [-0.3, -0.25) is 10.1 Å². The SMILES string of the molecule is Cc1nc2c([N+](=O)[O-])ccc(C)c2[nH]1. The number of fused-ring (bicyclic) bond motifs is 1. The standard InChI is InChI=1S/C9H9N3O2/c1-5-3-4-7(12(13)14)9-8(5)10-6(2)11-9/h3-4H,1-2H3,(H,10,11). The summed E-state index contributed by atoms with van der Waals surface area (Å²) in [7, 11) is 0. The molecule has 72 valence electrons. The van der Waals surface area contributed by atoms with Crippen LogP contribution < -0.4 is 0 Å². The molecule has 0 aliphatic carbocycles. The van der Waals surface area contributed by atoms with Crippen molar-refractivity contribution in [3.8, 4) is 0 Å². The predicted molar refractivity (Wildman–Crippen MR) is 52.2 cm³/mol. The highest BCUT2D eigenvalue weighted by atomic mass is 16.6. The first-order chi connectivity index (χ1) is 6.59. The molecule has 1 aromatic carbocycles. The van der Waals surface area contributed by atoms with Crippen molar-refractivity contribution in [3.05, 3.63) is 33.6 Å². The molecule has 1 aromatic heterocycles. The second kappa shape index (κ2) is 2.80. The van der Waals surface area contributed by atoms with Gasteiger partial charge in [-0.1, -0.05) is 6.07 Å². The van der Waals surface area contributed by atoms with Crippen molar-refractivity contribution in [3.63, 3.8) is 0 Å². The molecule has 1 heterocycles. The Bertz CT molecular complexity index is 516. The normalized spacial score (nSPS) is 10.7. The van der Waals surface area contributed by atoms with Crippen LogP contribution >= 0.6 is 0 Å². The topological polar surface area (TPSA) is 71.8 Å². The van der Waals surface area contributed by atoms with E-state index in [1.165, 1.54) is 6.07 Å². The van der Waals surface area contributed by atoms with Crippen molar-refractivity contribution >= 4 is 16.7 Å². The zero-order chi connectivity index (χ0) is 10.3. The van der Waals surface area contributed by atoms with Gasteiger partial charge in [0.15, 0.2) is 5.52 Å². The minimum absolute atomic E-state index is 0.0509. The summed E-state index contributed by atoms with van der Waals surface area (Å²) in [6.45, 7) is 3.67. The van der Waals surface area contributed by atoms with Gasteiger partial charge in [0.05, 0.1) is 10.4 Å². The second-order valence-electron chi connectivity index (χ2n) is 3.20. The van der Waals surface area contributed by atoms with Crippen molar-refractivity contribution in [2.75, 3.05) is 0 Å². The van der Waals surface area contributed by atoms with Crippen LogP contribution in [0.3, 0.4) is 0 Å². The summed E-state index contributed by atoms with van der Waals surface area (Å²) in [6, 6.07) is 3.20. The molecule has 5 nitrogen and oxygen atoms in total. The predicted octanol–water partition coefficient (Wildman–Crippen LogP) is 2.09. The highest BCUT2D eigenvalue weighted by Gasteiger charge is 2.15. The van der Waals surface area contributed by atoms with Crippen LogP contribution in [0.5, 0.6) is 0 Å². The van der Waals surface area contributed by atoms with E-state index in [0.29, 0.717) is 11.3 Å². The first-order valence-corrected chi connectivity index (χ1v) is 4.20. The number of nitrogens with zero attached hydrogens (tertiary/aromatic N) is 2. The van der Waals surface area contributed by atoms with Crippen molar-refractivity contribution in [2.24, 2.45) is 0 Å². The largest absolute Gasteiger partial charge is 0.342 e. The van der Waals surface area contributed by atoms with Crippen molar-refractivity contribution in [2.45, 2.75) is 13.8 Å². The fourth-order valence-corrected chi connectivity index (χ4v) is 1.48. The molecule has 0 atom stereocenters. The summed E-state index contributed by atoms with van der Waals surface area (Å²) in [5.74, 6) is 0.692. The number of hydrogen-bond acceptors (Lipinski definition) is 3. The molecule has 0 amide bonds. The maximum atomic E-state index is 10.7. The maximum absolute atomic E-state index is 10.7. The molecule has 14 heavy (non-hydrogen) atoms. The molecule has 0 aliphatic heterocycles. The Kier molecular flexibility index (Phi) is 1.73. The quantitative estimate of drug-likeness (QED) is 0.554. The van der Waals surface area contributed by atoms with Crippen LogP contribution in [0.15, 0.2) is 12.1 Å². The van der Waals surface area contributed by atoms with Crippen LogP contribution in [0.2, 0.25) is 0 Å². The highest BCUT2D eigenvalue weighted by molar-refractivity contribution is 5.87. The Labute approximate surface area is 79.9 Å². The van der Waals surface area contributed by atoms with E-state index in [4.69, 9.17) is 0 Å². The molecule has 5 heteroatoms. The lowest BCUT2D eigenvalue weighted by Crippen LogP contribution is -1.90. The second-order valence-corrected chi connectivity index (χ2v) is 3.20. The van der Waals surface area contributed by atoms with Crippen molar-refractivity contribution < 1.29 is 4.92 Å². The monoisotopic (exact) mass is 191 g/mol. The minimum atomic E-state index is -0.415. The summed E-state index contributed by atoms with van der Waals surface area (Å²) in [5.41, 5.74) is 2.20. The third kappa shape index (κ3) is 1.14. The number of benzene rings is 1. The number of aryl methyl sites for hydroxylation is 2. The third-order valence-electron chi connectivity index (χ3n) is 2.15. The molecule has 1 N–H and O–H groups in total. The van der Waals surface area contributed by atoms with Crippen LogP contribution in [-0.4, -0.2) is 14.9 Å². The number of hydrogen-bond donors (Lipinski definition) is 1. The summed E-state index contributed by atoms with van der Waals surface area (Å²) in [5, 5.41) is 10.7. The van der Waals surface area contributed by atoms with E-state index in [1.54, 1.807) is 13.0 Å². The first kappa shape index (κ1) is 8.68. The summed E-state index contributed by atoms with van der Waals surface area (Å²) >= 11 is 0. The molecule has 0 aliphatic rings. The smallest absolute Gasteiger partial charge is 0.297 e. The van der Waals surface area contributed by atoms with Crippen molar-refractivity contribution in [1.29, 1.82) is 0 Å². The van der Waals surface area contributed by atoms with E-state index < -0.39 is 4.92 Å². The molecule has 0 fully saturated rings. The van der Waals surface area contributed by atoms with Gasteiger partial charge in [-0.2, -0.15) is 0 Å². The van der Waals surface area contributed by atoms with E-state index in [-0.39, 0.29) is 5.69 Å². The Morgan fingerprint density at radius 1 is 1.43 bits per heavy atom. The summed E-state index contributed by atoms with van der Waals surface area (Å²) < 4.78 is 0. The molecule has 0 saturated carbocycles. The van der Waals surface area contributed by atoms with Crippen LogP contribution in [0.25, 0.3) is 11.0 Å². The number of non-ortho nitro benzene ring substituents is 1. The number of rotatable bonds is 1. The minimum Gasteiger partial charge on any atom is -0.342 e. The number of nitrogens with one attached hydrogen (secondary N) is 1. The average Bonchev–Trinajstić information content (AvgIpc) is 2.47. The van der Waals surface area contributed by atoms with Gasteiger partial charge in [0.2, 0.25) is 0 Å². The number of nitro benzene ring substituents is 1. The lowest BCUT2D eigenvalue weighted by Gasteiger charge is -1.95. The number of H-pyrrole nitrogens is 1. The van der Waals surface area contributed by atoms with Gasteiger partial charge in [-0.25, -0.2) is 4.98 Å². The van der Waals surface area contributed by atoms with Crippen LogP contribution in [0, 0.1) is 24.0 Å². The number of imidazole rings is 1. The number of aromatic nitrogens is 2. The molecular formula is C9H9N3O2. The van der Waals surface area contributed by atoms with Gasteiger partial charge < -0.3 is 4.98 Å². The van der Waals surface area contributed by atoms with Crippen molar-refractivity contribution in [1.82, 2.24) is 9.97 Å². The Balaban J connectivity index is 2.87. The molecule has 0 radical (unpaired) electrons. The molecule has 0 unspecified atom stereocenters.